The first-order chi connectivity index (χ1) is 8.26. The van der Waals surface area contributed by atoms with Crippen molar-refractivity contribution in [3.63, 3.8) is 0 Å². The first-order valence-electron chi connectivity index (χ1n) is 8.02. The van der Waals surface area contributed by atoms with Crippen molar-refractivity contribution >= 4 is 0 Å². The Morgan fingerprint density at radius 2 is 1.50 bits per heavy atom. The molecule has 0 aliphatic heterocycles. The molecule has 2 aliphatic rings. The van der Waals surface area contributed by atoms with Crippen LogP contribution >= 0.6 is 0 Å². The number of hydrogen-bond donors (Lipinski definition) is 1. The molecule has 0 bridgehead atoms. The van der Waals surface area contributed by atoms with Crippen LogP contribution in [-0.4, -0.2) is 12.1 Å². The summed E-state index contributed by atoms with van der Waals surface area (Å²) in [7, 11) is 0. The summed E-state index contributed by atoms with van der Waals surface area (Å²) in [6, 6.07) is 1.61. The van der Waals surface area contributed by atoms with E-state index in [-0.39, 0.29) is 0 Å². The summed E-state index contributed by atoms with van der Waals surface area (Å²) in [6.07, 6.45) is 9.84. The Labute approximate surface area is 114 Å². The van der Waals surface area contributed by atoms with Crippen molar-refractivity contribution in [1.82, 2.24) is 5.32 Å². The zero-order valence-electron chi connectivity index (χ0n) is 13.2. The maximum atomic E-state index is 3.95. The van der Waals surface area contributed by atoms with Crippen LogP contribution in [0.4, 0.5) is 0 Å². The molecule has 1 N–H and O–H groups in total. The topological polar surface area (TPSA) is 12.0 Å². The molecule has 0 aromatic carbocycles. The molecule has 106 valence electrons. The fraction of sp³-hybridized carbons (Fsp3) is 1.00. The highest BCUT2D eigenvalue weighted by atomic mass is 15.0. The van der Waals surface area contributed by atoms with Gasteiger partial charge in [-0.25, -0.2) is 0 Å². The average molecular weight is 251 g/mol. The molecule has 2 fully saturated rings. The van der Waals surface area contributed by atoms with Crippen LogP contribution in [0.3, 0.4) is 0 Å². The standard InChI is InChI=1S/C17H33N/c1-16(2,3)13-6-8-14(9-7-13)18-15-10-11-17(4,5)12-15/h13-15,18H,6-12H2,1-5H3. The summed E-state index contributed by atoms with van der Waals surface area (Å²) in [5.74, 6) is 0.940. The Morgan fingerprint density at radius 1 is 0.889 bits per heavy atom. The maximum absolute atomic E-state index is 3.95. The predicted molar refractivity (Wildman–Crippen MR) is 79.8 cm³/mol. The van der Waals surface area contributed by atoms with Gasteiger partial charge in [-0.3, -0.25) is 0 Å². The molecule has 0 heterocycles. The first-order valence-corrected chi connectivity index (χ1v) is 8.02. The Balaban J connectivity index is 1.74. The van der Waals surface area contributed by atoms with Gasteiger partial charge in [0.25, 0.3) is 0 Å². The van der Waals surface area contributed by atoms with Gasteiger partial charge >= 0.3 is 0 Å². The number of nitrogens with one attached hydrogen (secondary N) is 1. The van der Waals surface area contributed by atoms with Crippen LogP contribution in [0.2, 0.25) is 0 Å². The molecule has 1 atom stereocenters. The third-order valence-corrected chi connectivity index (χ3v) is 5.39. The Bertz CT molecular complexity index is 266. The Morgan fingerprint density at radius 3 is 1.94 bits per heavy atom. The highest BCUT2D eigenvalue weighted by molar-refractivity contribution is 4.90. The fourth-order valence-electron chi connectivity index (χ4n) is 4.04. The summed E-state index contributed by atoms with van der Waals surface area (Å²) in [4.78, 5) is 0. The average Bonchev–Trinajstić information content (AvgIpc) is 2.57. The van der Waals surface area contributed by atoms with Gasteiger partial charge in [0.1, 0.15) is 0 Å². The van der Waals surface area contributed by atoms with Crippen molar-refractivity contribution in [2.24, 2.45) is 16.7 Å². The highest BCUT2D eigenvalue weighted by Crippen LogP contribution is 2.40. The van der Waals surface area contributed by atoms with Crippen LogP contribution in [0.15, 0.2) is 0 Å². The van der Waals surface area contributed by atoms with E-state index < -0.39 is 0 Å². The van der Waals surface area contributed by atoms with Gasteiger partial charge in [-0.2, -0.15) is 0 Å². The van der Waals surface area contributed by atoms with E-state index in [1.54, 1.807) is 0 Å². The summed E-state index contributed by atoms with van der Waals surface area (Å²) in [6.45, 7) is 12.1. The second-order valence-corrected chi connectivity index (χ2v) is 8.69. The lowest BCUT2D eigenvalue weighted by molar-refractivity contribution is 0.155. The van der Waals surface area contributed by atoms with Crippen LogP contribution in [-0.2, 0) is 0 Å². The molecule has 0 amide bonds. The number of hydrogen-bond acceptors (Lipinski definition) is 1. The minimum atomic E-state index is 0.514. The van der Waals surface area contributed by atoms with Crippen LogP contribution in [0.25, 0.3) is 0 Å². The third-order valence-electron chi connectivity index (χ3n) is 5.39. The van der Waals surface area contributed by atoms with Gasteiger partial charge < -0.3 is 5.32 Å². The minimum Gasteiger partial charge on any atom is -0.311 e. The molecule has 0 aromatic heterocycles. The minimum absolute atomic E-state index is 0.514. The fourth-order valence-corrected chi connectivity index (χ4v) is 4.04. The highest BCUT2D eigenvalue weighted by Gasteiger charge is 2.34. The van der Waals surface area contributed by atoms with Gasteiger partial charge in [-0.1, -0.05) is 34.6 Å². The van der Waals surface area contributed by atoms with Gasteiger partial charge in [0.05, 0.1) is 0 Å². The monoisotopic (exact) mass is 251 g/mol. The maximum Gasteiger partial charge on any atom is 0.00749 e. The molecule has 0 saturated heterocycles. The van der Waals surface area contributed by atoms with E-state index in [0.29, 0.717) is 10.8 Å². The summed E-state index contributed by atoms with van der Waals surface area (Å²) >= 11 is 0. The lowest BCUT2D eigenvalue weighted by Crippen LogP contribution is -2.41. The Hall–Kier alpha value is -0.0400. The van der Waals surface area contributed by atoms with Crippen molar-refractivity contribution < 1.29 is 0 Å². The second kappa shape index (κ2) is 5.15. The van der Waals surface area contributed by atoms with Crippen molar-refractivity contribution in [2.75, 3.05) is 0 Å². The lowest BCUT2D eigenvalue weighted by atomic mass is 9.71. The van der Waals surface area contributed by atoms with Crippen molar-refractivity contribution in [3.05, 3.63) is 0 Å². The van der Waals surface area contributed by atoms with Crippen LogP contribution in [0, 0.1) is 16.7 Å². The van der Waals surface area contributed by atoms with E-state index in [4.69, 9.17) is 0 Å². The molecule has 1 nitrogen and oxygen atoms in total. The molecule has 1 heteroatoms. The van der Waals surface area contributed by atoms with Gasteiger partial charge in [-0.15, -0.1) is 0 Å². The molecular formula is C17H33N. The Kier molecular flexibility index (Phi) is 4.11. The van der Waals surface area contributed by atoms with E-state index in [2.05, 4.69) is 39.9 Å². The van der Waals surface area contributed by atoms with E-state index in [9.17, 15) is 0 Å². The third kappa shape index (κ3) is 3.73. The van der Waals surface area contributed by atoms with E-state index in [0.717, 1.165) is 18.0 Å². The summed E-state index contributed by atoms with van der Waals surface area (Å²) < 4.78 is 0. The lowest BCUT2D eigenvalue weighted by Gasteiger charge is -2.38. The molecule has 2 rings (SSSR count). The van der Waals surface area contributed by atoms with E-state index >= 15 is 0 Å². The quantitative estimate of drug-likeness (QED) is 0.746. The SMILES string of the molecule is CC1(C)CCC(NC2CCC(C(C)(C)C)CC2)C1. The van der Waals surface area contributed by atoms with Crippen LogP contribution in [0.5, 0.6) is 0 Å². The van der Waals surface area contributed by atoms with Gasteiger partial charge in [0.2, 0.25) is 0 Å². The van der Waals surface area contributed by atoms with Gasteiger partial charge in [0, 0.05) is 12.1 Å². The summed E-state index contributed by atoms with van der Waals surface area (Å²) in [5.41, 5.74) is 1.10. The van der Waals surface area contributed by atoms with Crippen LogP contribution in [0.1, 0.15) is 79.6 Å². The molecule has 2 saturated carbocycles. The van der Waals surface area contributed by atoms with Crippen molar-refractivity contribution in [1.29, 1.82) is 0 Å². The smallest absolute Gasteiger partial charge is 0.00749 e. The predicted octanol–water partition coefficient (Wildman–Crippen LogP) is 4.76. The van der Waals surface area contributed by atoms with Crippen molar-refractivity contribution in [3.8, 4) is 0 Å². The molecule has 2 aliphatic carbocycles. The van der Waals surface area contributed by atoms with Gasteiger partial charge in [-0.05, 0) is 61.7 Å². The first kappa shape index (κ1) is 14.4. The molecule has 0 aromatic rings. The van der Waals surface area contributed by atoms with E-state index in [1.165, 1.54) is 44.9 Å². The molecule has 0 spiro atoms. The normalized spacial score (nSPS) is 36.8. The molecular weight excluding hydrogens is 218 g/mol. The number of rotatable bonds is 2. The summed E-state index contributed by atoms with van der Waals surface area (Å²) in [5, 5.41) is 3.95. The van der Waals surface area contributed by atoms with Crippen molar-refractivity contribution in [2.45, 2.75) is 91.6 Å². The zero-order valence-corrected chi connectivity index (χ0v) is 13.2. The van der Waals surface area contributed by atoms with E-state index in [1.807, 2.05) is 0 Å². The zero-order chi connectivity index (χ0) is 13.4. The molecule has 18 heavy (non-hydrogen) atoms. The van der Waals surface area contributed by atoms with Crippen LogP contribution < -0.4 is 5.32 Å². The second-order valence-electron chi connectivity index (χ2n) is 8.69. The molecule has 0 radical (unpaired) electrons. The van der Waals surface area contributed by atoms with Gasteiger partial charge in [0.15, 0.2) is 0 Å². The molecule has 1 unspecified atom stereocenters. The largest absolute Gasteiger partial charge is 0.311 e.